The summed E-state index contributed by atoms with van der Waals surface area (Å²) >= 11 is 0. The summed E-state index contributed by atoms with van der Waals surface area (Å²) in [5, 5.41) is 5.30. The minimum absolute atomic E-state index is 0.00148. The summed E-state index contributed by atoms with van der Waals surface area (Å²) in [6.45, 7) is 1.33. The van der Waals surface area contributed by atoms with Crippen molar-refractivity contribution in [2.24, 2.45) is 7.05 Å². The molecule has 0 aliphatic carbocycles. The average molecular weight is 457 g/mol. The van der Waals surface area contributed by atoms with Crippen molar-refractivity contribution < 1.29 is 19.1 Å². The van der Waals surface area contributed by atoms with Gasteiger partial charge in [-0.05, 0) is 62.6 Å². The monoisotopic (exact) mass is 456 g/mol. The fourth-order valence-corrected chi connectivity index (χ4v) is 4.70. The van der Waals surface area contributed by atoms with Crippen LogP contribution in [0.15, 0.2) is 23.0 Å². The zero-order chi connectivity index (χ0) is 23.4. The third-order valence-corrected chi connectivity index (χ3v) is 6.59. The Morgan fingerprint density at radius 1 is 1.12 bits per heavy atom. The van der Waals surface area contributed by atoms with E-state index in [1.54, 1.807) is 11.6 Å². The van der Waals surface area contributed by atoms with Crippen LogP contribution in [-0.2, 0) is 32.6 Å². The minimum atomic E-state index is -0.668. The number of carbonyl (C=O) groups is 3. The molecule has 2 saturated heterocycles. The molecular formula is C24H32N4O5. The van der Waals surface area contributed by atoms with Gasteiger partial charge in [0.15, 0.2) is 0 Å². The molecule has 2 fully saturated rings. The Labute approximate surface area is 192 Å². The average Bonchev–Trinajstić information content (AvgIpc) is 3.06. The van der Waals surface area contributed by atoms with Crippen molar-refractivity contribution in [1.82, 2.24) is 19.8 Å². The van der Waals surface area contributed by atoms with E-state index in [0.717, 1.165) is 56.0 Å². The van der Waals surface area contributed by atoms with E-state index in [-0.39, 0.29) is 30.0 Å². The van der Waals surface area contributed by atoms with Crippen molar-refractivity contribution in [2.75, 3.05) is 13.2 Å². The van der Waals surface area contributed by atoms with Crippen molar-refractivity contribution >= 4 is 28.8 Å². The number of imidazole rings is 1. The van der Waals surface area contributed by atoms with Crippen molar-refractivity contribution in [2.45, 2.75) is 69.9 Å². The first kappa shape index (κ1) is 23.2. The smallest absolute Gasteiger partial charge is 0.329 e. The van der Waals surface area contributed by atoms with E-state index >= 15 is 0 Å². The molecule has 9 nitrogen and oxygen atoms in total. The zero-order valence-corrected chi connectivity index (χ0v) is 19.1. The molecule has 2 aliphatic heterocycles. The third kappa shape index (κ3) is 5.19. The Morgan fingerprint density at radius 2 is 1.97 bits per heavy atom. The molecule has 0 saturated carbocycles. The first-order valence-electron chi connectivity index (χ1n) is 11.9. The van der Waals surface area contributed by atoms with Crippen molar-refractivity contribution in [3.05, 3.63) is 34.2 Å². The molecule has 2 unspecified atom stereocenters. The fourth-order valence-electron chi connectivity index (χ4n) is 4.70. The summed E-state index contributed by atoms with van der Waals surface area (Å²) in [7, 11) is 1.70. The number of aromatic nitrogens is 2. The number of unbranched alkanes of at least 4 members (excludes halogenated alkanes) is 2. The van der Waals surface area contributed by atoms with Gasteiger partial charge in [-0.3, -0.25) is 28.8 Å². The number of aryl methyl sites for hydroxylation is 2. The Hall–Kier alpha value is -2.94. The summed E-state index contributed by atoms with van der Waals surface area (Å²) < 4.78 is 8.57. The van der Waals surface area contributed by atoms with Crippen molar-refractivity contribution in [3.8, 4) is 0 Å². The molecule has 9 heteroatoms. The molecule has 3 amide bonds. The number of amides is 3. The minimum Gasteiger partial charge on any atom is -0.368 e. The number of hydrogen-bond donors (Lipinski definition) is 2. The van der Waals surface area contributed by atoms with Gasteiger partial charge in [0.05, 0.1) is 11.0 Å². The predicted molar refractivity (Wildman–Crippen MR) is 123 cm³/mol. The Kier molecular flexibility index (Phi) is 7.27. The van der Waals surface area contributed by atoms with Gasteiger partial charge in [-0.15, -0.1) is 0 Å². The molecule has 33 heavy (non-hydrogen) atoms. The molecule has 2 aromatic rings. The van der Waals surface area contributed by atoms with E-state index in [1.807, 2.05) is 18.2 Å². The molecule has 2 aliphatic rings. The second kappa shape index (κ2) is 10.3. The first-order valence-corrected chi connectivity index (χ1v) is 11.9. The van der Waals surface area contributed by atoms with Gasteiger partial charge in [-0.2, -0.15) is 0 Å². The summed E-state index contributed by atoms with van der Waals surface area (Å²) in [6.07, 6.45) is 6.89. The van der Waals surface area contributed by atoms with Crippen LogP contribution >= 0.6 is 0 Å². The van der Waals surface area contributed by atoms with Gasteiger partial charge < -0.3 is 10.1 Å². The van der Waals surface area contributed by atoms with Crippen LogP contribution in [0.5, 0.6) is 0 Å². The standard InChI is InChI=1S/C24H32N4O5/c1-27-19-15-16(7-3-2-5-13-25-23(31)20-8-4-6-14-33-20)9-10-17(19)28(24(27)32)18-11-12-21(29)26-22(18)30/h9-10,15,18,20H,2-8,11-14H2,1H3,(H,25,31)(H,26,29,30). The molecule has 0 spiro atoms. The normalized spacial score (nSPS) is 21.2. The van der Waals surface area contributed by atoms with Crippen LogP contribution in [0.1, 0.15) is 63.0 Å². The molecule has 2 N–H and O–H groups in total. The Balaban J connectivity index is 1.31. The third-order valence-electron chi connectivity index (χ3n) is 6.59. The van der Waals surface area contributed by atoms with Crippen molar-refractivity contribution in [1.29, 1.82) is 0 Å². The number of rotatable bonds is 8. The van der Waals surface area contributed by atoms with Gasteiger partial charge in [0.2, 0.25) is 17.7 Å². The van der Waals surface area contributed by atoms with E-state index in [1.165, 1.54) is 4.57 Å². The molecular weight excluding hydrogens is 424 g/mol. The SMILES string of the molecule is Cn1c(=O)n(C2CCC(=O)NC2=O)c2ccc(CCCCCNC(=O)C3CCCCO3)cc21. The second-order valence-corrected chi connectivity index (χ2v) is 8.96. The summed E-state index contributed by atoms with van der Waals surface area (Å²) in [5.74, 6) is -0.720. The van der Waals surface area contributed by atoms with Crippen LogP contribution in [0.2, 0.25) is 0 Å². The van der Waals surface area contributed by atoms with Gasteiger partial charge >= 0.3 is 5.69 Å². The molecule has 2 atom stereocenters. The molecule has 4 rings (SSSR count). The summed E-state index contributed by atoms with van der Waals surface area (Å²) in [4.78, 5) is 48.7. The fraction of sp³-hybridized carbons (Fsp3) is 0.583. The van der Waals surface area contributed by atoms with E-state index in [4.69, 9.17) is 4.74 Å². The predicted octanol–water partition coefficient (Wildman–Crippen LogP) is 1.72. The second-order valence-electron chi connectivity index (χ2n) is 8.96. The summed E-state index contributed by atoms with van der Waals surface area (Å²) in [6, 6.07) is 5.22. The molecule has 1 aromatic heterocycles. The maximum absolute atomic E-state index is 12.8. The number of fused-ring (bicyclic) bond motifs is 1. The van der Waals surface area contributed by atoms with Gasteiger partial charge in [0.1, 0.15) is 12.1 Å². The lowest BCUT2D eigenvalue weighted by Crippen LogP contribution is -2.44. The van der Waals surface area contributed by atoms with Crippen LogP contribution in [0, 0.1) is 0 Å². The number of carbonyl (C=O) groups excluding carboxylic acids is 3. The molecule has 0 bridgehead atoms. The number of imide groups is 1. The highest BCUT2D eigenvalue weighted by Gasteiger charge is 2.31. The molecule has 0 radical (unpaired) electrons. The lowest BCUT2D eigenvalue weighted by atomic mass is 10.0. The van der Waals surface area contributed by atoms with Crippen LogP contribution in [-0.4, -0.2) is 46.1 Å². The lowest BCUT2D eigenvalue weighted by molar-refractivity contribution is -0.136. The van der Waals surface area contributed by atoms with Gasteiger partial charge in [0.25, 0.3) is 0 Å². The maximum atomic E-state index is 12.8. The van der Waals surface area contributed by atoms with E-state index in [2.05, 4.69) is 10.6 Å². The number of nitrogens with zero attached hydrogens (tertiary/aromatic N) is 2. The molecule has 178 valence electrons. The molecule has 3 heterocycles. The van der Waals surface area contributed by atoms with Crippen LogP contribution in [0.3, 0.4) is 0 Å². The molecule has 1 aromatic carbocycles. The quantitative estimate of drug-likeness (QED) is 0.464. The van der Waals surface area contributed by atoms with E-state index in [0.29, 0.717) is 25.1 Å². The number of hydrogen-bond acceptors (Lipinski definition) is 5. The first-order chi connectivity index (χ1) is 16.0. The highest BCUT2D eigenvalue weighted by molar-refractivity contribution is 6.00. The van der Waals surface area contributed by atoms with Crippen LogP contribution in [0.25, 0.3) is 11.0 Å². The van der Waals surface area contributed by atoms with E-state index in [9.17, 15) is 19.2 Å². The van der Waals surface area contributed by atoms with Gasteiger partial charge in [0, 0.05) is 26.6 Å². The van der Waals surface area contributed by atoms with Crippen LogP contribution in [0.4, 0.5) is 0 Å². The number of piperidine rings is 1. The number of ether oxygens (including phenoxy) is 1. The van der Waals surface area contributed by atoms with E-state index < -0.39 is 11.9 Å². The van der Waals surface area contributed by atoms with Crippen LogP contribution < -0.4 is 16.3 Å². The lowest BCUT2D eigenvalue weighted by Gasteiger charge is -2.21. The number of nitrogens with one attached hydrogen (secondary N) is 2. The Bertz CT molecular complexity index is 1100. The largest absolute Gasteiger partial charge is 0.368 e. The van der Waals surface area contributed by atoms with Gasteiger partial charge in [-0.25, -0.2) is 4.79 Å². The van der Waals surface area contributed by atoms with Gasteiger partial charge in [-0.1, -0.05) is 12.5 Å². The highest BCUT2D eigenvalue weighted by Crippen LogP contribution is 2.24. The Morgan fingerprint density at radius 3 is 2.73 bits per heavy atom. The maximum Gasteiger partial charge on any atom is 0.329 e. The highest BCUT2D eigenvalue weighted by atomic mass is 16.5. The number of benzene rings is 1. The zero-order valence-electron chi connectivity index (χ0n) is 19.1. The summed E-state index contributed by atoms with van der Waals surface area (Å²) in [5.41, 5.74) is 2.35. The van der Waals surface area contributed by atoms with Crippen molar-refractivity contribution in [3.63, 3.8) is 0 Å². The topological polar surface area (TPSA) is 111 Å².